The molecule has 130 valence electrons. The fraction of sp³-hybridized carbons (Fsp3) is 0.294. The standard InChI is InChI=1S/C17H18N4O3S/c18-12-14-2-1-3-16(10-14)25(22,23)20-13-15-4-5-19-17(11-15)21-6-8-24-9-7-21/h1-5,10-11,20H,6-9,13H2. The zero-order chi connectivity index (χ0) is 17.7. The van der Waals surface area contributed by atoms with Gasteiger partial charge < -0.3 is 9.64 Å². The smallest absolute Gasteiger partial charge is 0.240 e. The third-order valence-corrected chi connectivity index (χ3v) is 5.28. The van der Waals surface area contributed by atoms with Crippen molar-refractivity contribution < 1.29 is 13.2 Å². The van der Waals surface area contributed by atoms with Gasteiger partial charge in [0.15, 0.2) is 0 Å². The number of sulfonamides is 1. The predicted octanol–water partition coefficient (Wildman–Crippen LogP) is 1.27. The summed E-state index contributed by atoms with van der Waals surface area (Å²) in [7, 11) is -3.68. The van der Waals surface area contributed by atoms with Crippen molar-refractivity contribution in [2.75, 3.05) is 31.2 Å². The number of morpholine rings is 1. The van der Waals surface area contributed by atoms with E-state index >= 15 is 0 Å². The highest BCUT2D eigenvalue weighted by atomic mass is 32.2. The number of nitrogens with one attached hydrogen (secondary N) is 1. The topological polar surface area (TPSA) is 95.3 Å². The highest BCUT2D eigenvalue weighted by Gasteiger charge is 2.16. The molecule has 1 aromatic heterocycles. The summed E-state index contributed by atoms with van der Waals surface area (Å²) in [4.78, 5) is 6.53. The van der Waals surface area contributed by atoms with Gasteiger partial charge in [-0.15, -0.1) is 0 Å². The first-order valence-electron chi connectivity index (χ1n) is 7.86. The number of pyridine rings is 1. The van der Waals surface area contributed by atoms with Crippen molar-refractivity contribution in [2.45, 2.75) is 11.4 Å². The molecule has 0 unspecified atom stereocenters. The van der Waals surface area contributed by atoms with E-state index in [1.54, 1.807) is 24.4 Å². The quantitative estimate of drug-likeness (QED) is 0.865. The Morgan fingerprint density at radius 3 is 2.80 bits per heavy atom. The van der Waals surface area contributed by atoms with Crippen LogP contribution in [-0.4, -0.2) is 39.7 Å². The van der Waals surface area contributed by atoms with Crippen LogP contribution in [0.25, 0.3) is 0 Å². The molecule has 0 bridgehead atoms. The third-order valence-electron chi connectivity index (χ3n) is 3.88. The Hall–Kier alpha value is -2.47. The van der Waals surface area contributed by atoms with Crippen LogP contribution >= 0.6 is 0 Å². The second kappa shape index (κ2) is 7.61. The van der Waals surface area contributed by atoms with Gasteiger partial charge in [0.2, 0.25) is 10.0 Å². The van der Waals surface area contributed by atoms with Gasteiger partial charge in [-0.3, -0.25) is 0 Å². The van der Waals surface area contributed by atoms with Crippen molar-refractivity contribution >= 4 is 15.8 Å². The van der Waals surface area contributed by atoms with Crippen molar-refractivity contribution in [1.29, 1.82) is 5.26 Å². The molecule has 0 aliphatic carbocycles. The summed E-state index contributed by atoms with van der Waals surface area (Å²) < 4.78 is 32.7. The van der Waals surface area contributed by atoms with Crippen molar-refractivity contribution in [3.8, 4) is 6.07 Å². The molecule has 3 rings (SSSR count). The van der Waals surface area contributed by atoms with Gasteiger partial charge in [0.25, 0.3) is 0 Å². The maximum absolute atomic E-state index is 12.4. The molecule has 0 saturated carbocycles. The first-order chi connectivity index (χ1) is 12.1. The summed E-state index contributed by atoms with van der Waals surface area (Å²) in [6, 6.07) is 11.5. The number of nitriles is 1. The van der Waals surface area contributed by atoms with Gasteiger partial charge in [-0.25, -0.2) is 18.1 Å². The van der Waals surface area contributed by atoms with Crippen LogP contribution in [0.15, 0.2) is 47.5 Å². The van der Waals surface area contributed by atoms with Gasteiger partial charge in [0.05, 0.1) is 29.7 Å². The number of aromatic nitrogens is 1. The van der Waals surface area contributed by atoms with Crippen molar-refractivity contribution in [2.24, 2.45) is 0 Å². The Morgan fingerprint density at radius 1 is 1.24 bits per heavy atom. The van der Waals surface area contributed by atoms with Gasteiger partial charge >= 0.3 is 0 Å². The van der Waals surface area contributed by atoms with Gasteiger partial charge in [-0.05, 0) is 35.9 Å². The fourth-order valence-electron chi connectivity index (χ4n) is 2.53. The molecule has 1 saturated heterocycles. The highest BCUT2D eigenvalue weighted by molar-refractivity contribution is 7.89. The minimum atomic E-state index is -3.68. The SMILES string of the molecule is N#Cc1cccc(S(=O)(=O)NCc2ccnc(N3CCOCC3)c2)c1. The fourth-order valence-corrected chi connectivity index (χ4v) is 3.59. The summed E-state index contributed by atoms with van der Waals surface area (Å²) in [5.74, 6) is 0.812. The second-order valence-corrected chi connectivity index (χ2v) is 7.35. The molecule has 7 nitrogen and oxygen atoms in total. The molecule has 1 N–H and O–H groups in total. The van der Waals surface area contributed by atoms with Gasteiger partial charge in [-0.2, -0.15) is 5.26 Å². The number of nitrogens with zero attached hydrogens (tertiary/aromatic N) is 3. The predicted molar refractivity (Wildman–Crippen MR) is 92.5 cm³/mol. The summed E-state index contributed by atoms with van der Waals surface area (Å²) in [6.45, 7) is 3.01. The van der Waals surface area contributed by atoms with E-state index < -0.39 is 10.0 Å². The van der Waals surface area contributed by atoms with Crippen LogP contribution in [0.5, 0.6) is 0 Å². The van der Waals surface area contributed by atoms with Crippen LogP contribution in [-0.2, 0) is 21.3 Å². The average molecular weight is 358 g/mol. The molecule has 0 spiro atoms. The number of ether oxygens (including phenoxy) is 1. The van der Waals surface area contributed by atoms with Gasteiger partial charge in [0, 0.05) is 25.8 Å². The molecule has 0 atom stereocenters. The van der Waals surface area contributed by atoms with E-state index in [0.29, 0.717) is 18.8 Å². The number of hydrogen-bond acceptors (Lipinski definition) is 6. The minimum Gasteiger partial charge on any atom is -0.378 e. The van der Waals surface area contributed by atoms with Crippen LogP contribution in [0.3, 0.4) is 0 Å². The normalized spacial score (nSPS) is 14.9. The first kappa shape index (κ1) is 17.4. The highest BCUT2D eigenvalue weighted by Crippen LogP contribution is 2.16. The first-order valence-corrected chi connectivity index (χ1v) is 9.34. The number of hydrogen-bond donors (Lipinski definition) is 1. The second-order valence-electron chi connectivity index (χ2n) is 5.59. The van der Waals surface area contributed by atoms with Gasteiger partial charge in [0.1, 0.15) is 5.82 Å². The lowest BCUT2D eigenvalue weighted by Crippen LogP contribution is -2.36. The average Bonchev–Trinajstić information content (AvgIpc) is 2.67. The largest absolute Gasteiger partial charge is 0.378 e. The molecular weight excluding hydrogens is 340 g/mol. The molecule has 8 heteroatoms. The van der Waals surface area contributed by atoms with E-state index in [0.717, 1.165) is 24.5 Å². The Labute approximate surface area is 146 Å². The van der Waals surface area contributed by atoms with E-state index in [-0.39, 0.29) is 11.4 Å². The molecule has 0 radical (unpaired) electrons. The molecule has 1 aliphatic rings. The maximum atomic E-state index is 12.4. The zero-order valence-corrected chi connectivity index (χ0v) is 14.4. The van der Waals surface area contributed by atoms with Crippen molar-refractivity contribution in [3.63, 3.8) is 0 Å². The zero-order valence-electron chi connectivity index (χ0n) is 13.6. The Bertz CT molecular complexity index is 887. The van der Waals surface area contributed by atoms with Crippen molar-refractivity contribution in [1.82, 2.24) is 9.71 Å². The lowest BCUT2D eigenvalue weighted by Gasteiger charge is -2.28. The van der Waals surface area contributed by atoms with E-state index in [4.69, 9.17) is 10.00 Å². The van der Waals surface area contributed by atoms with E-state index in [1.807, 2.05) is 12.1 Å². The molecule has 1 aliphatic heterocycles. The summed E-state index contributed by atoms with van der Waals surface area (Å²) in [5.41, 5.74) is 1.12. The molecule has 1 fully saturated rings. The van der Waals surface area contributed by atoms with Crippen LogP contribution in [0.2, 0.25) is 0 Å². The monoisotopic (exact) mass is 358 g/mol. The van der Waals surface area contributed by atoms with Crippen LogP contribution in [0.1, 0.15) is 11.1 Å². The molecule has 2 aromatic rings. The lowest BCUT2D eigenvalue weighted by molar-refractivity contribution is 0.122. The Kier molecular flexibility index (Phi) is 5.28. The van der Waals surface area contributed by atoms with E-state index in [9.17, 15) is 8.42 Å². The Morgan fingerprint density at radius 2 is 2.04 bits per heavy atom. The van der Waals surface area contributed by atoms with E-state index in [2.05, 4.69) is 14.6 Å². The van der Waals surface area contributed by atoms with Gasteiger partial charge in [-0.1, -0.05) is 6.07 Å². The summed E-state index contributed by atoms with van der Waals surface area (Å²) >= 11 is 0. The third kappa shape index (κ3) is 4.33. The van der Waals surface area contributed by atoms with Crippen LogP contribution < -0.4 is 9.62 Å². The minimum absolute atomic E-state index is 0.0778. The van der Waals surface area contributed by atoms with Crippen LogP contribution in [0, 0.1) is 11.3 Å². The maximum Gasteiger partial charge on any atom is 0.240 e. The molecule has 25 heavy (non-hydrogen) atoms. The summed E-state index contributed by atoms with van der Waals surface area (Å²) in [5, 5.41) is 8.90. The van der Waals surface area contributed by atoms with E-state index in [1.165, 1.54) is 12.1 Å². The molecule has 0 amide bonds. The lowest BCUT2D eigenvalue weighted by atomic mass is 10.2. The molecular formula is C17H18N4O3S. The molecule has 1 aromatic carbocycles. The number of rotatable bonds is 5. The summed E-state index contributed by atoms with van der Waals surface area (Å²) in [6.07, 6.45) is 1.67. The van der Waals surface area contributed by atoms with Crippen LogP contribution in [0.4, 0.5) is 5.82 Å². The molecule has 2 heterocycles. The number of benzene rings is 1. The van der Waals surface area contributed by atoms with Crippen molar-refractivity contribution in [3.05, 3.63) is 53.7 Å². The number of anilines is 1. The Balaban J connectivity index is 1.71.